The summed E-state index contributed by atoms with van der Waals surface area (Å²) in [6.45, 7) is 4.02. The van der Waals surface area contributed by atoms with Crippen LogP contribution in [0.3, 0.4) is 0 Å². The largest absolute Gasteiger partial charge is 0.344 e. The van der Waals surface area contributed by atoms with E-state index in [1.54, 1.807) is 18.6 Å². The lowest BCUT2D eigenvalue weighted by Gasteiger charge is -2.14. The van der Waals surface area contributed by atoms with Gasteiger partial charge < -0.3 is 5.32 Å². The Morgan fingerprint density at radius 3 is 2.41 bits per heavy atom. The maximum atomic E-state index is 4.76. The van der Waals surface area contributed by atoms with Crippen molar-refractivity contribution in [1.82, 2.24) is 35.1 Å². The van der Waals surface area contributed by atoms with Crippen LogP contribution in [-0.2, 0) is 0 Å². The number of aromatic nitrogens is 7. The van der Waals surface area contributed by atoms with Gasteiger partial charge in [0, 0.05) is 35.3 Å². The molecule has 8 heteroatoms. The zero-order valence-electron chi connectivity index (χ0n) is 15.0. The lowest BCUT2D eigenvalue weighted by Crippen LogP contribution is -2.11. The molecule has 4 aromatic rings. The standard InChI is InChI=1S/C19H18N8/c1-12-3-5-14(6-4-12)17-16(15-7-20-10-21-8-15)9-22-19(26-17)25-13(2)18-23-11-24-27-18/h3-11,13H,1-2H3,(H,22,25,26)(H,23,24,27)/t13-/m0/s1. The summed E-state index contributed by atoms with van der Waals surface area (Å²) in [7, 11) is 0. The average molecular weight is 358 g/mol. The molecule has 0 bridgehead atoms. The van der Waals surface area contributed by atoms with Crippen molar-refractivity contribution in [2.75, 3.05) is 5.32 Å². The van der Waals surface area contributed by atoms with Crippen molar-refractivity contribution in [3.63, 3.8) is 0 Å². The summed E-state index contributed by atoms with van der Waals surface area (Å²) >= 11 is 0. The maximum absolute atomic E-state index is 4.76. The third kappa shape index (κ3) is 3.64. The Balaban J connectivity index is 1.75. The molecule has 0 aliphatic rings. The number of anilines is 1. The molecule has 27 heavy (non-hydrogen) atoms. The monoisotopic (exact) mass is 358 g/mol. The van der Waals surface area contributed by atoms with Crippen LogP contribution in [-0.4, -0.2) is 35.1 Å². The zero-order chi connectivity index (χ0) is 18.6. The Kier molecular flexibility index (Phi) is 4.52. The van der Waals surface area contributed by atoms with Gasteiger partial charge in [-0.1, -0.05) is 29.8 Å². The van der Waals surface area contributed by atoms with Gasteiger partial charge in [0.25, 0.3) is 0 Å². The number of rotatable bonds is 5. The van der Waals surface area contributed by atoms with Gasteiger partial charge in [0.1, 0.15) is 18.5 Å². The van der Waals surface area contributed by atoms with E-state index in [-0.39, 0.29) is 6.04 Å². The van der Waals surface area contributed by atoms with Gasteiger partial charge in [0.05, 0.1) is 11.7 Å². The van der Waals surface area contributed by atoms with Gasteiger partial charge in [-0.05, 0) is 13.8 Å². The summed E-state index contributed by atoms with van der Waals surface area (Å²) in [6.07, 6.45) is 8.28. The summed E-state index contributed by atoms with van der Waals surface area (Å²) < 4.78 is 0. The van der Waals surface area contributed by atoms with Gasteiger partial charge >= 0.3 is 0 Å². The van der Waals surface area contributed by atoms with Crippen LogP contribution in [0.1, 0.15) is 24.4 Å². The van der Waals surface area contributed by atoms with Crippen LogP contribution < -0.4 is 5.32 Å². The van der Waals surface area contributed by atoms with Gasteiger partial charge in [-0.2, -0.15) is 5.10 Å². The van der Waals surface area contributed by atoms with Crippen molar-refractivity contribution in [2.24, 2.45) is 0 Å². The predicted octanol–water partition coefficient (Wildman–Crippen LogP) is 3.20. The Morgan fingerprint density at radius 2 is 1.70 bits per heavy atom. The Labute approximate surface area is 156 Å². The number of aryl methyl sites for hydroxylation is 1. The normalized spacial score (nSPS) is 11.9. The van der Waals surface area contributed by atoms with E-state index >= 15 is 0 Å². The number of aromatic amines is 1. The van der Waals surface area contributed by atoms with Crippen molar-refractivity contribution >= 4 is 5.95 Å². The van der Waals surface area contributed by atoms with Crippen molar-refractivity contribution in [1.29, 1.82) is 0 Å². The van der Waals surface area contributed by atoms with Crippen LogP contribution in [0.25, 0.3) is 22.4 Å². The molecule has 0 saturated carbocycles. The van der Waals surface area contributed by atoms with E-state index in [0.717, 1.165) is 28.2 Å². The number of benzene rings is 1. The first-order chi connectivity index (χ1) is 13.2. The summed E-state index contributed by atoms with van der Waals surface area (Å²) in [5.74, 6) is 1.23. The predicted molar refractivity (Wildman–Crippen MR) is 102 cm³/mol. The summed E-state index contributed by atoms with van der Waals surface area (Å²) in [5.41, 5.74) is 4.74. The van der Waals surface area contributed by atoms with E-state index in [0.29, 0.717) is 5.95 Å². The van der Waals surface area contributed by atoms with Crippen LogP contribution >= 0.6 is 0 Å². The van der Waals surface area contributed by atoms with E-state index in [9.17, 15) is 0 Å². The highest BCUT2D eigenvalue weighted by atomic mass is 15.2. The van der Waals surface area contributed by atoms with Crippen LogP contribution in [0.15, 0.2) is 55.5 Å². The molecule has 0 saturated heterocycles. The molecule has 0 fully saturated rings. The highest BCUT2D eigenvalue weighted by Crippen LogP contribution is 2.30. The van der Waals surface area contributed by atoms with Gasteiger partial charge in [-0.25, -0.2) is 24.9 Å². The molecule has 134 valence electrons. The van der Waals surface area contributed by atoms with E-state index in [2.05, 4.69) is 66.6 Å². The van der Waals surface area contributed by atoms with Crippen molar-refractivity contribution < 1.29 is 0 Å². The average Bonchev–Trinajstić information content (AvgIpc) is 3.24. The second-order valence-corrected chi connectivity index (χ2v) is 6.19. The second kappa shape index (κ2) is 7.28. The molecule has 3 heterocycles. The molecule has 1 aromatic carbocycles. The lowest BCUT2D eigenvalue weighted by molar-refractivity contribution is 0.783. The molecule has 0 aliphatic heterocycles. The minimum absolute atomic E-state index is 0.107. The first-order valence-corrected chi connectivity index (χ1v) is 8.52. The van der Waals surface area contributed by atoms with Crippen molar-refractivity contribution in [3.8, 4) is 22.4 Å². The third-order valence-corrected chi connectivity index (χ3v) is 4.17. The van der Waals surface area contributed by atoms with Gasteiger partial charge in [-0.3, -0.25) is 5.10 Å². The van der Waals surface area contributed by atoms with Crippen molar-refractivity contribution in [2.45, 2.75) is 19.9 Å². The summed E-state index contributed by atoms with van der Waals surface area (Å²) in [5, 5.41) is 9.99. The number of nitrogens with one attached hydrogen (secondary N) is 2. The van der Waals surface area contributed by atoms with E-state index in [1.807, 2.05) is 6.92 Å². The lowest BCUT2D eigenvalue weighted by atomic mass is 10.0. The minimum Gasteiger partial charge on any atom is -0.344 e. The quantitative estimate of drug-likeness (QED) is 0.564. The summed E-state index contributed by atoms with van der Waals surface area (Å²) in [4.78, 5) is 21.6. The number of nitrogens with zero attached hydrogens (tertiary/aromatic N) is 6. The van der Waals surface area contributed by atoms with Crippen molar-refractivity contribution in [3.05, 3.63) is 66.9 Å². The minimum atomic E-state index is -0.107. The fourth-order valence-electron chi connectivity index (χ4n) is 2.72. The first kappa shape index (κ1) is 16.8. The van der Waals surface area contributed by atoms with Gasteiger partial charge in [0.2, 0.25) is 5.95 Å². The first-order valence-electron chi connectivity index (χ1n) is 8.52. The third-order valence-electron chi connectivity index (χ3n) is 4.17. The topological polar surface area (TPSA) is 105 Å². The highest BCUT2D eigenvalue weighted by molar-refractivity contribution is 5.80. The molecule has 0 unspecified atom stereocenters. The number of hydrogen-bond donors (Lipinski definition) is 2. The molecule has 0 radical (unpaired) electrons. The molecule has 8 nitrogen and oxygen atoms in total. The van der Waals surface area contributed by atoms with Crippen LogP contribution in [0.5, 0.6) is 0 Å². The van der Waals surface area contributed by atoms with E-state index in [1.165, 1.54) is 18.2 Å². The molecule has 1 atom stereocenters. The number of hydrogen-bond acceptors (Lipinski definition) is 7. The Bertz CT molecular complexity index is 1010. The Hall–Kier alpha value is -3.68. The SMILES string of the molecule is Cc1ccc(-c2nc(N[C@@H](C)c3ncn[nH]3)ncc2-c2cncnc2)cc1. The van der Waals surface area contributed by atoms with E-state index < -0.39 is 0 Å². The molecule has 3 aromatic heterocycles. The summed E-state index contributed by atoms with van der Waals surface area (Å²) in [6, 6.07) is 8.12. The fourth-order valence-corrected chi connectivity index (χ4v) is 2.72. The molecule has 0 spiro atoms. The smallest absolute Gasteiger partial charge is 0.223 e. The maximum Gasteiger partial charge on any atom is 0.223 e. The van der Waals surface area contributed by atoms with Crippen LogP contribution in [0.4, 0.5) is 5.95 Å². The van der Waals surface area contributed by atoms with Crippen LogP contribution in [0, 0.1) is 6.92 Å². The molecule has 2 N–H and O–H groups in total. The second-order valence-electron chi connectivity index (χ2n) is 6.19. The van der Waals surface area contributed by atoms with Crippen LogP contribution in [0.2, 0.25) is 0 Å². The zero-order valence-corrected chi connectivity index (χ0v) is 15.0. The van der Waals surface area contributed by atoms with Gasteiger partial charge in [-0.15, -0.1) is 0 Å². The fraction of sp³-hybridized carbons (Fsp3) is 0.158. The molecular formula is C19H18N8. The van der Waals surface area contributed by atoms with E-state index in [4.69, 9.17) is 4.98 Å². The highest BCUT2D eigenvalue weighted by Gasteiger charge is 2.15. The molecule has 4 rings (SSSR count). The number of H-pyrrole nitrogens is 1. The Morgan fingerprint density at radius 1 is 0.926 bits per heavy atom. The van der Waals surface area contributed by atoms with Gasteiger partial charge in [0.15, 0.2) is 0 Å². The molecule has 0 aliphatic carbocycles. The molecular weight excluding hydrogens is 340 g/mol. The molecule has 0 amide bonds.